The predicted octanol–water partition coefficient (Wildman–Crippen LogP) is 2.40. The first kappa shape index (κ1) is 17.0. The van der Waals surface area contributed by atoms with Crippen LogP contribution < -0.4 is 5.32 Å². The van der Waals surface area contributed by atoms with Gasteiger partial charge in [0.25, 0.3) is 0 Å². The van der Waals surface area contributed by atoms with Crippen molar-refractivity contribution < 1.29 is 14.3 Å². The number of benzene rings is 1. The molecule has 1 unspecified atom stereocenters. The van der Waals surface area contributed by atoms with E-state index in [1.807, 2.05) is 6.92 Å². The molecular weight excluding hydrogens is 309 g/mol. The van der Waals surface area contributed by atoms with Crippen molar-refractivity contribution in [3.05, 3.63) is 29.0 Å². The molecule has 1 saturated heterocycles. The van der Waals surface area contributed by atoms with E-state index in [1.54, 1.807) is 11.0 Å². The molecule has 0 bridgehead atoms. The zero-order chi connectivity index (χ0) is 16.1. The summed E-state index contributed by atoms with van der Waals surface area (Å²) in [5.41, 5.74) is 0.385. The Labute approximate surface area is 134 Å². The Morgan fingerprint density at radius 3 is 2.64 bits per heavy atom. The molecule has 5 nitrogen and oxygen atoms in total. The molecule has 1 atom stereocenters. The molecule has 1 aliphatic rings. The second-order valence-corrected chi connectivity index (χ2v) is 5.73. The van der Waals surface area contributed by atoms with Crippen LogP contribution in [-0.4, -0.2) is 59.8 Å². The zero-order valence-electron chi connectivity index (χ0n) is 12.6. The molecular formula is C15H21ClFN3O2. The molecule has 1 heterocycles. The van der Waals surface area contributed by atoms with Crippen molar-refractivity contribution in [2.45, 2.75) is 19.4 Å². The molecule has 1 aliphatic heterocycles. The smallest absolute Gasteiger partial charge is 0.321 e. The van der Waals surface area contributed by atoms with Crippen molar-refractivity contribution in [2.24, 2.45) is 0 Å². The lowest BCUT2D eigenvalue weighted by Crippen LogP contribution is -2.53. The topological polar surface area (TPSA) is 55.8 Å². The minimum absolute atomic E-state index is 0.0289. The van der Waals surface area contributed by atoms with Gasteiger partial charge in [-0.25, -0.2) is 9.18 Å². The van der Waals surface area contributed by atoms with Gasteiger partial charge < -0.3 is 15.3 Å². The van der Waals surface area contributed by atoms with E-state index in [2.05, 4.69) is 10.2 Å². The lowest BCUT2D eigenvalue weighted by molar-refractivity contribution is 0.0766. The van der Waals surface area contributed by atoms with Gasteiger partial charge in [0.05, 0.1) is 11.6 Å². The average Bonchev–Trinajstić information content (AvgIpc) is 2.53. The van der Waals surface area contributed by atoms with Crippen LogP contribution in [0.4, 0.5) is 14.9 Å². The van der Waals surface area contributed by atoms with Crippen molar-refractivity contribution in [1.29, 1.82) is 0 Å². The highest BCUT2D eigenvalue weighted by molar-refractivity contribution is 6.30. The van der Waals surface area contributed by atoms with Gasteiger partial charge in [0.1, 0.15) is 5.82 Å². The van der Waals surface area contributed by atoms with Crippen LogP contribution in [0.2, 0.25) is 5.02 Å². The maximum Gasteiger partial charge on any atom is 0.321 e. The maximum absolute atomic E-state index is 13.4. The molecule has 1 fully saturated rings. The van der Waals surface area contributed by atoms with E-state index in [9.17, 15) is 14.3 Å². The molecule has 2 N–H and O–H groups in total. The normalized spacial score (nSPS) is 17.4. The number of hydrogen-bond acceptors (Lipinski definition) is 3. The first-order valence-electron chi connectivity index (χ1n) is 7.41. The molecule has 1 aromatic carbocycles. The van der Waals surface area contributed by atoms with Gasteiger partial charge in [0.15, 0.2) is 0 Å². The summed E-state index contributed by atoms with van der Waals surface area (Å²) in [6.07, 6.45) is 0.882. The van der Waals surface area contributed by atoms with Gasteiger partial charge in [-0.2, -0.15) is 0 Å². The van der Waals surface area contributed by atoms with E-state index in [4.69, 9.17) is 11.6 Å². The number of rotatable bonds is 4. The molecule has 0 aliphatic carbocycles. The van der Waals surface area contributed by atoms with Gasteiger partial charge in [-0.15, -0.1) is 0 Å². The number of aliphatic hydroxyl groups is 1. The SMILES string of the molecule is CCC(CO)N1CCN(C(=O)Nc2ccc(Cl)c(F)c2)CC1. The fourth-order valence-electron chi connectivity index (χ4n) is 2.57. The van der Waals surface area contributed by atoms with Crippen LogP contribution in [-0.2, 0) is 0 Å². The van der Waals surface area contributed by atoms with E-state index in [0.717, 1.165) is 19.5 Å². The molecule has 122 valence electrons. The van der Waals surface area contributed by atoms with Gasteiger partial charge in [-0.3, -0.25) is 4.90 Å². The Bertz CT molecular complexity index is 518. The number of nitrogens with one attached hydrogen (secondary N) is 1. The van der Waals surface area contributed by atoms with Gasteiger partial charge in [0.2, 0.25) is 0 Å². The summed E-state index contributed by atoms with van der Waals surface area (Å²) in [6, 6.07) is 4.08. The highest BCUT2D eigenvalue weighted by Crippen LogP contribution is 2.19. The Hall–Kier alpha value is -1.37. The van der Waals surface area contributed by atoms with Crippen molar-refractivity contribution in [3.8, 4) is 0 Å². The summed E-state index contributed by atoms with van der Waals surface area (Å²) in [5, 5.41) is 12.0. The number of carbonyl (C=O) groups excluding carboxylic acids is 1. The molecule has 0 spiro atoms. The molecule has 2 rings (SSSR count). The van der Waals surface area contributed by atoms with Crippen LogP contribution in [0.3, 0.4) is 0 Å². The number of anilines is 1. The van der Waals surface area contributed by atoms with Crippen LogP contribution in [0.15, 0.2) is 18.2 Å². The van der Waals surface area contributed by atoms with Crippen molar-refractivity contribution >= 4 is 23.3 Å². The summed E-state index contributed by atoms with van der Waals surface area (Å²) in [7, 11) is 0. The number of aliphatic hydroxyl groups excluding tert-OH is 1. The van der Waals surface area contributed by atoms with Gasteiger partial charge in [-0.1, -0.05) is 18.5 Å². The van der Waals surface area contributed by atoms with Gasteiger partial charge in [-0.05, 0) is 24.6 Å². The van der Waals surface area contributed by atoms with Crippen molar-refractivity contribution in [1.82, 2.24) is 9.80 Å². The lowest BCUT2D eigenvalue weighted by atomic mass is 10.2. The summed E-state index contributed by atoms with van der Waals surface area (Å²) in [6.45, 7) is 4.78. The minimum Gasteiger partial charge on any atom is -0.395 e. The molecule has 7 heteroatoms. The summed E-state index contributed by atoms with van der Waals surface area (Å²) >= 11 is 5.61. The lowest BCUT2D eigenvalue weighted by Gasteiger charge is -2.38. The number of halogens is 2. The van der Waals surface area contributed by atoms with Crippen LogP contribution in [0, 0.1) is 5.82 Å². The van der Waals surface area contributed by atoms with Crippen molar-refractivity contribution in [3.63, 3.8) is 0 Å². The van der Waals surface area contributed by atoms with Gasteiger partial charge in [0, 0.05) is 37.9 Å². The second kappa shape index (κ2) is 7.76. The van der Waals surface area contributed by atoms with Crippen molar-refractivity contribution in [2.75, 3.05) is 38.1 Å². The van der Waals surface area contributed by atoms with E-state index in [1.165, 1.54) is 12.1 Å². The molecule has 1 aromatic rings. The average molecular weight is 330 g/mol. The van der Waals surface area contributed by atoms with E-state index < -0.39 is 5.82 Å². The quantitative estimate of drug-likeness (QED) is 0.892. The van der Waals surface area contributed by atoms with E-state index in [0.29, 0.717) is 18.8 Å². The summed E-state index contributed by atoms with van der Waals surface area (Å²) < 4.78 is 13.4. The summed E-state index contributed by atoms with van der Waals surface area (Å²) in [5.74, 6) is -0.557. The Balaban J connectivity index is 1.88. The van der Waals surface area contributed by atoms with Crippen LogP contribution >= 0.6 is 11.6 Å². The highest BCUT2D eigenvalue weighted by Gasteiger charge is 2.25. The molecule has 0 radical (unpaired) electrons. The largest absolute Gasteiger partial charge is 0.395 e. The minimum atomic E-state index is -0.557. The maximum atomic E-state index is 13.4. The fraction of sp³-hybridized carbons (Fsp3) is 0.533. The van der Waals surface area contributed by atoms with E-state index in [-0.39, 0.29) is 23.7 Å². The number of hydrogen-bond donors (Lipinski definition) is 2. The van der Waals surface area contributed by atoms with E-state index >= 15 is 0 Å². The number of urea groups is 1. The molecule has 2 amide bonds. The third-order valence-electron chi connectivity index (χ3n) is 3.97. The highest BCUT2D eigenvalue weighted by atomic mass is 35.5. The Morgan fingerprint density at radius 2 is 2.09 bits per heavy atom. The number of carbonyl (C=O) groups is 1. The second-order valence-electron chi connectivity index (χ2n) is 5.33. The monoisotopic (exact) mass is 329 g/mol. The predicted molar refractivity (Wildman–Crippen MR) is 84.7 cm³/mol. The van der Waals surface area contributed by atoms with Crippen LogP contribution in [0.25, 0.3) is 0 Å². The Kier molecular flexibility index (Phi) is 5.99. The van der Waals surface area contributed by atoms with Crippen LogP contribution in [0.5, 0.6) is 0 Å². The molecule has 22 heavy (non-hydrogen) atoms. The fourth-order valence-corrected chi connectivity index (χ4v) is 2.69. The van der Waals surface area contributed by atoms with Gasteiger partial charge >= 0.3 is 6.03 Å². The third kappa shape index (κ3) is 4.09. The standard InChI is InChI=1S/C15H21ClFN3O2/c1-2-12(10-21)19-5-7-20(8-6-19)15(22)18-11-3-4-13(16)14(17)9-11/h3-4,9,12,21H,2,5-8,10H2,1H3,(H,18,22). The molecule has 0 aromatic heterocycles. The third-order valence-corrected chi connectivity index (χ3v) is 4.28. The van der Waals surface area contributed by atoms with Crippen LogP contribution in [0.1, 0.15) is 13.3 Å². The molecule has 0 saturated carbocycles. The number of piperazine rings is 1. The first-order valence-corrected chi connectivity index (χ1v) is 7.78. The number of amides is 2. The Morgan fingerprint density at radius 1 is 1.41 bits per heavy atom. The zero-order valence-corrected chi connectivity index (χ0v) is 13.3. The number of nitrogens with zero attached hydrogens (tertiary/aromatic N) is 2. The first-order chi connectivity index (χ1) is 10.5. The summed E-state index contributed by atoms with van der Waals surface area (Å²) in [4.78, 5) is 16.0.